The number of benzene rings is 1. The summed E-state index contributed by atoms with van der Waals surface area (Å²) >= 11 is 0. The summed E-state index contributed by atoms with van der Waals surface area (Å²) in [6.45, 7) is 2.66. The summed E-state index contributed by atoms with van der Waals surface area (Å²) in [5.74, 6) is -0.0519. The number of rotatable bonds is 5. The van der Waals surface area contributed by atoms with E-state index in [0.29, 0.717) is 0 Å². The van der Waals surface area contributed by atoms with E-state index in [2.05, 4.69) is 4.72 Å². The molecule has 0 saturated carbocycles. The van der Waals surface area contributed by atoms with Crippen molar-refractivity contribution in [1.82, 2.24) is 9.62 Å². The normalized spacial score (nSPS) is 19.5. The molecule has 25 heavy (non-hydrogen) atoms. The van der Waals surface area contributed by atoms with Gasteiger partial charge in [0.15, 0.2) is 0 Å². The quantitative estimate of drug-likeness (QED) is 0.753. The minimum absolute atomic E-state index is 0. The van der Waals surface area contributed by atoms with Crippen molar-refractivity contribution in [3.05, 3.63) is 35.9 Å². The van der Waals surface area contributed by atoms with Crippen LogP contribution >= 0.6 is 12.4 Å². The molecule has 0 radical (unpaired) electrons. The van der Waals surface area contributed by atoms with Crippen molar-refractivity contribution in [2.45, 2.75) is 43.2 Å². The third kappa shape index (κ3) is 5.54. The number of likely N-dealkylation sites (tertiary alicyclic amines) is 1. The van der Waals surface area contributed by atoms with Gasteiger partial charge in [0.05, 0.1) is 4.90 Å². The highest BCUT2D eigenvalue weighted by Gasteiger charge is 2.27. The van der Waals surface area contributed by atoms with E-state index in [0.717, 1.165) is 31.4 Å². The van der Waals surface area contributed by atoms with Crippen molar-refractivity contribution in [2.24, 2.45) is 5.73 Å². The first kappa shape index (κ1) is 21.6. The summed E-state index contributed by atoms with van der Waals surface area (Å²) < 4.78 is 25.6. The van der Waals surface area contributed by atoms with Gasteiger partial charge in [-0.15, -0.1) is 12.4 Å². The number of nitrogens with one attached hydrogen (secondary N) is 1. The average molecular weight is 388 g/mol. The van der Waals surface area contributed by atoms with E-state index >= 15 is 0 Å². The maximum atomic E-state index is 12.4. The summed E-state index contributed by atoms with van der Waals surface area (Å²) in [4.78, 5) is 14.5. The Morgan fingerprint density at radius 3 is 2.52 bits per heavy atom. The molecule has 1 aromatic carbocycles. The molecule has 0 bridgehead atoms. The van der Waals surface area contributed by atoms with Crippen LogP contribution < -0.4 is 10.5 Å². The van der Waals surface area contributed by atoms with Crippen LogP contribution in [-0.2, 0) is 14.8 Å². The van der Waals surface area contributed by atoms with E-state index < -0.39 is 10.0 Å². The molecular weight excluding hydrogens is 362 g/mol. The van der Waals surface area contributed by atoms with Gasteiger partial charge < -0.3 is 10.6 Å². The van der Waals surface area contributed by atoms with Crippen LogP contribution in [0.25, 0.3) is 6.08 Å². The number of carbonyl (C=O) groups excluding carboxylic acids is 1. The van der Waals surface area contributed by atoms with E-state index in [9.17, 15) is 13.2 Å². The van der Waals surface area contributed by atoms with Gasteiger partial charge in [0.2, 0.25) is 15.9 Å². The second-order valence-corrected chi connectivity index (χ2v) is 7.95. The van der Waals surface area contributed by atoms with Crippen molar-refractivity contribution >= 4 is 34.4 Å². The molecule has 140 valence electrons. The molecule has 8 heteroatoms. The monoisotopic (exact) mass is 387 g/mol. The van der Waals surface area contributed by atoms with Gasteiger partial charge in [0.1, 0.15) is 0 Å². The molecule has 1 aliphatic heterocycles. The van der Waals surface area contributed by atoms with Crippen LogP contribution in [0.4, 0.5) is 0 Å². The number of nitrogens with two attached hydrogens (primary N) is 1. The van der Waals surface area contributed by atoms with Crippen molar-refractivity contribution in [3.63, 3.8) is 0 Å². The summed E-state index contributed by atoms with van der Waals surface area (Å²) in [6, 6.07) is 6.41. The fraction of sp³-hybridized carbons (Fsp3) is 0.471. The van der Waals surface area contributed by atoms with Crippen molar-refractivity contribution in [3.8, 4) is 0 Å². The van der Waals surface area contributed by atoms with Crippen LogP contribution in [0.3, 0.4) is 0 Å². The van der Waals surface area contributed by atoms with Crippen LogP contribution in [0, 0.1) is 0 Å². The predicted octanol–water partition coefficient (Wildman–Crippen LogP) is 1.76. The maximum Gasteiger partial charge on any atom is 0.246 e. The standard InChI is InChI=1S/C17H25N3O3S.ClH/c1-13(18)16-5-3-4-12-20(16)17(21)11-8-14-6-9-15(10-7-14)24(22,23)19-2;/h6-11,13,16,19H,3-5,12,18H2,1-2H3;1H. The molecule has 6 nitrogen and oxygen atoms in total. The van der Waals surface area contributed by atoms with Gasteiger partial charge >= 0.3 is 0 Å². The van der Waals surface area contributed by atoms with Crippen LogP contribution in [0.2, 0.25) is 0 Å². The van der Waals surface area contributed by atoms with E-state index in [-0.39, 0.29) is 35.3 Å². The first-order valence-corrected chi connectivity index (χ1v) is 9.61. The average Bonchev–Trinajstić information content (AvgIpc) is 2.60. The highest BCUT2D eigenvalue weighted by atomic mass is 35.5. The van der Waals surface area contributed by atoms with Crippen LogP contribution in [0.5, 0.6) is 0 Å². The molecule has 0 aliphatic carbocycles. The second kappa shape index (κ2) is 9.33. The zero-order valence-corrected chi connectivity index (χ0v) is 16.1. The van der Waals surface area contributed by atoms with E-state index in [1.807, 2.05) is 11.8 Å². The number of piperidine rings is 1. The highest BCUT2D eigenvalue weighted by molar-refractivity contribution is 7.89. The van der Waals surface area contributed by atoms with Gasteiger partial charge in [-0.1, -0.05) is 12.1 Å². The Kier molecular flexibility index (Phi) is 8.08. The minimum Gasteiger partial charge on any atom is -0.335 e. The minimum atomic E-state index is -3.44. The van der Waals surface area contributed by atoms with Crippen LogP contribution in [0.15, 0.2) is 35.2 Å². The van der Waals surface area contributed by atoms with Gasteiger partial charge in [-0.3, -0.25) is 4.79 Å². The molecule has 1 heterocycles. The zero-order chi connectivity index (χ0) is 17.7. The number of nitrogens with zero attached hydrogens (tertiary/aromatic N) is 1. The Labute approximate surface area is 155 Å². The molecule has 1 fully saturated rings. The topological polar surface area (TPSA) is 92.5 Å². The second-order valence-electron chi connectivity index (χ2n) is 6.06. The molecule has 2 atom stereocenters. The lowest BCUT2D eigenvalue weighted by molar-refractivity contribution is -0.129. The van der Waals surface area contributed by atoms with Gasteiger partial charge in [-0.05, 0) is 57.0 Å². The third-order valence-electron chi connectivity index (χ3n) is 4.32. The van der Waals surface area contributed by atoms with Gasteiger partial charge in [-0.25, -0.2) is 13.1 Å². The molecule has 0 spiro atoms. The summed E-state index contributed by atoms with van der Waals surface area (Å²) in [6.07, 6.45) is 6.27. The molecule has 1 amide bonds. The third-order valence-corrected chi connectivity index (χ3v) is 5.75. The summed E-state index contributed by atoms with van der Waals surface area (Å²) in [7, 11) is -2.07. The summed E-state index contributed by atoms with van der Waals surface area (Å²) in [5.41, 5.74) is 6.76. The van der Waals surface area contributed by atoms with E-state index in [1.54, 1.807) is 18.2 Å². The maximum absolute atomic E-state index is 12.4. The largest absolute Gasteiger partial charge is 0.335 e. The van der Waals surface area contributed by atoms with Gasteiger partial charge in [0.25, 0.3) is 0 Å². The van der Waals surface area contributed by atoms with E-state index in [1.165, 1.54) is 25.3 Å². The van der Waals surface area contributed by atoms with Crippen molar-refractivity contribution in [2.75, 3.05) is 13.6 Å². The number of carbonyl (C=O) groups is 1. The molecule has 2 rings (SSSR count). The van der Waals surface area contributed by atoms with Gasteiger partial charge in [0, 0.05) is 24.7 Å². The molecular formula is C17H26ClN3O3S. The predicted molar refractivity (Wildman–Crippen MR) is 102 cm³/mol. The summed E-state index contributed by atoms with van der Waals surface area (Å²) in [5, 5.41) is 0. The molecule has 1 aliphatic rings. The Morgan fingerprint density at radius 2 is 1.96 bits per heavy atom. The Balaban J connectivity index is 0.00000312. The Bertz CT molecular complexity index is 702. The van der Waals surface area contributed by atoms with E-state index in [4.69, 9.17) is 5.73 Å². The Morgan fingerprint density at radius 1 is 1.32 bits per heavy atom. The first-order chi connectivity index (χ1) is 11.3. The number of amides is 1. The Hall–Kier alpha value is -1.41. The van der Waals surface area contributed by atoms with Crippen molar-refractivity contribution < 1.29 is 13.2 Å². The number of hydrogen-bond donors (Lipinski definition) is 2. The first-order valence-electron chi connectivity index (χ1n) is 8.13. The molecule has 3 N–H and O–H groups in total. The smallest absolute Gasteiger partial charge is 0.246 e. The fourth-order valence-corrected chi connectivity index (χ4v) is 3.65. The SMILES string of the molecule is CNS(=O)(=O)c1ccc(C=CC(=O)N2CCCCC2C(C)N)cc1.Cl. The number of sulfonamides is 1. The van der Waals surface area contributed by atoms with Crippen molar-refractivity contribution in [1.29, 1.82) is 0 Å². The van der Waals surface area contributed by atoms with Crippen LogP contribution in [0.1, 0.15) is 31.7 Å². The van der Waals surface area contributed by atoms with Crippen LogP contribution in [-0.4, -0.2) is 44.9 Å². The van der Waals surface area contributed by atoms with Gasteiger partial charge in [-0.2, -0.15) is 0 Å². The molecule has 1 aromatic rings. The highest BCUT2D eigenvalue weighted by Crippen LogP contribution is 2.20. The number of halogens is 1. The zero-order valence-electron chi connectivity index (χ0n) is 14.5. The molecule has 2 unspecified atom stereocenters. The lowest BCUT2D eigenvalue weighted by Gasteiger charge is -2.37. The lowest BCUT2D eigenvalue weighted by Crippen LogP contribution is -2.51. The fourth-order valence-electron chi connectivity index (χ4n) is 2.92. The molecule has 0 aromatic heterocycles. The lowest BCUT2D eigenvalue weighted by atomic mass is 9.97. The number of hydrogen-bond acceptors (Lipinski definition) is 4. The molecule has 1 saturated heterocycles.